The van der Waals surface area contributed by atoms with E-state index < -0.39 is 11.2 Å². The number of hydrogen-bond donors (Lipinski definition) is 2. The number of aromatic amines is 1. The van der Waals surface area contributed by atoms with Crippen LogP contribution in [0.25, 0.3) is 0 Å². The van der Waals surface area contributed by atoms with Crippen molar-refractivity contribution in [2.24, 2.45) is 5.92 Å². The van der Waals surface area contributed by atoms with E-state index in [1.54, 1.807) is 12.1 Å². The Morgan fingerprint density at radius 2 is 2.05 bits per heavy atom. The topological polar surface area (TPSA) is 92.2 Å². The van der Waals surface area contributed by atoms with Crippen LogP contribution in [0.5, 0.6) is 0 Å². The average molecular weight is 308 g/mol. The van der Waals surface area contributed by atoms with E-state index in [9.17, 15) is 14.4 Å². The number of amides is 2. The van der Waals surface area contributed by atoms with Crippen molar-refractivity contribution in [2.45, 2.75) is 16.2 Å². The minimum atomic E-state index is -0.530. The van der Waals surface area contributed by atoms with Gasteiger partial charge in [-0.2, -0.15) is 0 Å². The molecule has 2 aliphatic heterocycles. The number of carbonyl (C=O) groups is 2. The lowest BCUT2D eigenvalue weighted by Gasteiger charge is -2.27. The van der Waals surface area contributed by atoms with Gasteiger partial charge in [0.2, 0.25) is 11.8 Å². The van der Waals surface area contributed by atoms with Crippen LogP contribution in [0, 0.1) is 5.92 Å². The van der Waals surface area contributed by atoms with Gasteiger partial charge in [0.15, 0.2) is 0 Å². The first-order valence-electron chi connectivity index (χ1n) is 5.93. The van der Waals surface area contributed by atoms with Gasteiger partial charge in [0.1, 0.15) is 11.0 Å². The van der Waals surface area contributed by atoms with Crippen LogP contribution in [0.2, 0.25) is 0 Å². The van der Waals surface area contributed by atoms with Gasteiger partial charge >= 0.3 is 4.87 Å². The average Bonchev–Trinajstić information content (AvgIpc) is 3.08. The molecule has 6 nitrogen and oxygen atoms in total. The summed E-state index contributed by atoms with van der Waals surface area (Å²) in [5.74, 6) is -0.930. The van der Waals surface area contributed by atoms with Crippen LogP contribution in [0.4, 0.5) is 0 Å². The maximum Gasteiger partial charge on any atom is 0.305 e. The third-order valence-electron chi connectivity index (χ3n) is 3.51. The largest absolute Gasteiger partial charge is 0.469 e. The van der Waals surface area contributed by atoms with Crippen LogP contribution in [-0.4, -0.2) is 22.0 Å². The van der Waals surface area contributed by atoms with Crippen LogP contribution in [0.15, 0.2) is 32.6 Å². The number of thioether (sulfide) groups is 1. The molecule has 0 saturated carbocycles. The maximum atomic E-state index is 12.1. The first kappa shape index (κ1) is 12.0. The van der Waals surface area contributed by atoms with Gasteiger partial charge in [0.25, 0.3) is 0 Å². The predicted octanol–water partition coefficient (Wildman–Crippen LogP) is 0.908. The van der Waals surface area contributed by atoms with Crippen molar-refractivity contribution >= 4 is 34.9 Å². The highest BCUT2D eigenvalue weighted by Crippen LogP contribution is 2.50. The molecule has 0 spiro atoms. The quantitative estimate of drug-likeness (QED) is 0.764. The monoisotopic (exact) mass is 308 g/mol. The van der Waals surface area contributed by atoms with E-state index in [1.165, 1.54) is 18.0 Å². The number of thiazole rings is 1. The van der Waals surface area contributed by atoms with Gasteiger partial charge < -0.3 is 9.40 Å². The standard InChI is InChI=1S/C12H8N2O4S2/c15-9-6-5(4-2-1-3-18-4)8-11(14-12(17)20-8)19-7(6)10(16)13-9/h1-3,5-7H,(H,14,17)(H,13,15,16)/t5-,6-,7+/m0/s1. The lowest BCUT2D eigenvalue weighted by Crippen LogP contribution is -2.30. The summed E-state index contributed by atoms with van der Waals surface area (Å²) in [6, 6.07) is 3.50. The second-order valence-corrected chi connectivity index (χ2v) is 6.79. The molecule has 0 aromatic carbocycles. The number of hydrogen-bond acceptors (Lipinski definition) is 6. The van der Waals surface area contributed by atoms with Crippen LogP contribution in [0.3, 0.4) is 0 Å². The summed E-state index contributed by atoms with van der Waals surface area (Å²) in [4.78, 5) is 38.8. The SMILES string of the molecule is O=C1NC(=O)[C@@H]2Sc3[nH]c(=O)sc3[C@@H](c3ccco3)[C@H]12. The summed E-state index contributed by atoms with van der Waals surface area (Å²) in [7, 11) is 0. The number of carbonyl (C=O) groups excluding carboxylic acids is 2. The number of nitrogens with one attached hydrogen (secondary N) is 2. The smallest absolute Gasteiger partial charge is 0.305 e. The number of fused-ring (bicyclic) bond motifs is 2. The Labute approximate surface area is 120 Å². The van der Waals surface area contributed by atoms with Crippen LogP contribution in [0.1, 0.15) is 16.6 Å². The number of aromatic nitrogens is 1. The number of furan rings is 1. The molecule has 3 atom stereocenters. The molecule has 4 heterocycles. The fourth-order valence-corrected chi connectivity index (χ4v) is 5.17. The molecule has 20 heavy (non-hydrogen) atoms. The lowest BCUT2D eigenvalue weighted by atomic mass is 9.87. The zero-order valence-electron chi connectivity index (χ0n) is 9.91. The van der Waals surface area contributed by atoms with Crippen molar-refractivity contribution in [3.05, 3.63) is 38.7 Å². The Kier molecular flexibility index (Phi) is 2.45. The fourth-order valence-electron chi connectivity index (χ4n) is 2.71. The number of H-pyrrole nitrogens is 1. The van der Waals surface area contributed by atoms with E-state index in [1.807, 2.05) is 0 Å². The molecule has 8 heteroatoms. The summed E-state index contributed by atoms with van der Waals surface area (Å²) in [6.45, 7) is 0. The number of imide groups is 1. The van der Waals surface area contributed by atoms with Gasteiger partial charge in [0.05, 0.1) is 28.0 Å². The minimum Gasteiger partial charge on any atom is -0.469 e. The summed E-state index contributed by atoms with van der Waals surface area (Å²) < 4.78 is 5.42. The molecule has 102 valence electrons. The van der Waals surface area contributed by atoms with Gasteiger partial charge in [0, 0.05) is 0 Å². The highest BCUT2D eigenvalue weighted by atomic mass is 32.2. The molecule has 0 aliphatic carbocycles. The molecule has 2 amide bonds. The molecule has 2 aromatic rings. The van der Waals surface area contributed by atoms with Crippen molar-refractivity contribution in [3.8, 4) is 0 Å². The zero-order valence-corrected chi connectivity index (χ0v) is 11.5. The molecular formula is C12H8N2O4S2. The Balaban J connectivity index is 1.94. The van der Waals surface area contributed by atoms with Gasteiger partial charge in [-0.15, -0.1) is 0 Å². The fraction of sp³-hybridized carbons (Fsp3) is 0.250. The molecule has 0 unspecified atom stereocenters. The molecule has 1 saturated heterocycles. The third kappa shape index (κ3) is 1.55. The lowest BCUT2D eigenvalue weighted by molar-refractivity contribution is -0.125. The first-order chi connectivity index (χ1) is 9.65. The Bertz CT molecular complexity index is 761. The summed E-state index contributed by atoms with van der Waals surface area (Å²) >= 11 is 2.31. The van der Waals surface area contributed by atoms with Gasteiger partial charge in [-0.05, 0) is 12.1 Å². The maximum absolute atomic E-state index is 12.1. The van der Waals surface area contributed by atoms with E-state index in [-0.39, 0.29) is 22.6 Å². The van der Waals surface area contributed by atoms with E-state index in [2.05, 4.69) is 10.3 Å². The first-order valence-corrected chi connectivity index (χ1v) is 7.62. The summed E-state index contributed by atoms with van der Waals surface area (Å²) in [5, 5.41) is 2.50. The van der Waals surface area contributed by atoms with Crippen LogP contribution < -0.4 is 10.2 Å². The second kappa shape index (κ2) is 4.10. The Morgan fingerprint density at radius 3 is 2.80 bits per heavy atom. The summed E-state index contributed by atoms with van der Waals surface area (Å²) in [5.41, 5.74) is 0. The Hall–Kier alpha value is -1.80. The molecule has 0 radical (unpaired) electrons. The molecule has 2 N–H and O–H groups in total. The Morgan fingerprint density at radius 1 is 1.20 bits per heavy atom. The molecule has 4 rings (SSSR count). The van der Waals surface area contributed by atoms with Crippen LogP contribution >= 0.6 is 23.1 Å². The van der Waals surface area contributed by atoms with E-state index in [0.717, 1.165) is 16.2 Å². The van der Waals surface area contributed by atoms with Crippen molar-refractivity contribution in [1.82, 2.24) is 10.3 Å². The molecule has 2 aromatic heterocycles. The van der Waals surface area contributed by atoms with Gasteiger partial charge in [-0.3, -0.25) is 19.7 Å². The van der Waals surface area contributed by atoms with Gasteiger partial charge in [-0.1, -0.05) is 23.1 Å². The normalized spacial score (nSPS) is 28.1. The van der Waals surface area contributed by atoms with Crippen molar-refractivity contribution in [3.63, 3.8) is 0 Å². The van der Waals surface area contributed by atoms with Crippen molar-refractivity contribution < 1.29 is 14.0 Å². The molecule has 1 fully saturated rings. The minimum absolute atomic E-state index is 0.188. The molecule has 0 bridgehead atoms. The zero-order chi connectivity index (χ0) is 13.9. The molecular weight excluding hydrogens is 300 g/mol. The predicted molar refractivity (Wildman–Crippen MR) is 71.8 cm³/mol. The van der Waals surface area contributed by atoms with E-state index >= 15 is 0 Å². The van der Waals surface area contributed by atoms with Gasteiger partial charge in [-0.25, -0.2) is 0 Å². The summed E-state index contributed by atoms with van der Waals surface area (Å²) in [6.07, 6.45) is 1.52. The van der Waals surface area contributed by atoms with E-state index in [0.29, 0.717) is 10.8 Å². The van der Waals surface area contributed by atoms with Crippen LogP contribution in [-0.2, 0) is 9.59 Å². The highest BCUT2D eigenvalue weighted by molar-refractivity contribution is 8.00. The van der Waals surface area contributed by atoms with Crippen molar-refractivity contribution in [1.29, 1.82) is 0 Å². The van der Waals surface area contributed by atoms with Crippen molar-refractivity contribution in [2.75, 3.05) is 0 Å². The van der Waals surface area contributed by atoms with E-state index in [4.69, 9.17) is 4.42 Å². The highest BCUT2D eigenvalue weighted by Gasteiger charge is 2.53. The second-order valence-electron chi connectivity index (χ2n) is 4.62. The molecule has 2 aliphatic rings. The number of rotatable bonds is 1. The third-order valence-corrected chi connectivity index (χ3v) is 5.93.